The van der Waals surface area contributed by atoms with Crippen molar-refractivity contribution in [2.75, 3.05) is 5.32 Å². The zero-order valence-corrected chi connectivity index (χ0v) is 16.5. The van der Waals surface area contributed by atoms with Crippen molar-refractivity contribution in [1.82, 2.24) is 5.32 Å². The summed E-state index contributed by atoms with van der Waals surface area (Å²) in [5.74, 6) is -0.482. The molecule has 6 rings (SSSR count). The van der Waals surface area contributed by atoms with Crippen LogP contribution in [0.15, 0.2) is 48.5 Å². The van der Waals surface area contributed by atoms with Gasteiger partial charge in [0.05, 0.1) is 17.0 Å². The fourth-order valence-corrected chi connectivity index (χ4v) is 5.78. The number of anilines is 1. The zero-order chi connectivity index (χ0) is 21.0. The lowest BCUT2D eigenvalue weighted by atomic mass is 9.28. The molecule has 4 aliphatic carbocycles. The van der Waals surface area contributed by atoms with E-state index in [2.05, 4.69) is 16.7 Å². The molecule has 0 radical (unpaired) electrons. The Kier molecular flexibility index (Phi) is 4.01. The van der Waals surface area contributed by atoms with Crippen LogP contribution in [0.25, 0.3) is 0 Å². The number of nitrogens with zero attached hydrogens (tertiary/aromatic N) is 1. The van der Waals surface area contributed by atoms with Gasteiger partial charge in [0.1, 0.15) is 5.82 Å². The number of carbonyl (C=O) groups excluding carboxylic acids is 2. The summed E-state index contributed by atoms with van der Waals surface area (Å²) in [4.78, 5) is 25.8. The molecule has 2 N–H and O–H groups in total. The van der Waals surface area contributed by atoms with Crippen LogP contribution in [-0.4, -0.2) is 17.4 Å². The lowest BCUT2D eigenvalue weighted by Crippen LogP contribution is -2.81. The molecule has 5 nitrogen and oxygen atoms in total. The molecule has 30 heavy (non-hydrogen) atoms. The zero-order valence-electron chi connectivity index (χ0n) is 16.5. The molecule has 2 aromatic carbocycles. The van der Waals surface area contributed by atoms with Crippen LogP contribution in [0.5, 0.6) is 0 Å². The van der Waals surface area contributed by atoms with E-state index < -0.39 is 5.41 Å². The Balaban J connectivity index is 1.26. The fourth-order valence-electron chi connectivity index (χ4n) is 5.78. The molecular formula is C24H22FN3O2. The smallest absolute Gasteiger partial charge is 0.251 e. The van der Waals surface area contributed by atoms with Crippen molar-refractivity contribution in [3.8, 4) is 6.07 Å². The second kappa shape index (κ2) is 6.40. The predicted molar refractivity (Wildman–Crippen MR) is 109 cm³/mol. The van der Waals surface area contributed by atoms with E-state index in [0.717, 1.165) is 38.5 Å². The Bertz CT molecular complexity index is 1060. The molecule has 0 heterocycles. The molecule has 0 saturated heterocycles. The van der Waals surface area contributed by atoms with Crippen LogP contribution in [0.1, 0.15) is 54.4 Å². The summed E-state index contributed by atoms with van der Waals surface area (Å²) >= 11 is 0. The molecular weight excluding hydrogens is 381 g/mol. The van der Waals surface area contributed by atoms with Crippen LogP contribution in [0.3, 0.4) is 0 Å². The maximum Gasteiger partial charge on any atom is 0.251 e. The highest BCUT2D eigenvalue weighted by Crippen LogP contribution is 2.78. The number of carbonyl (C=O) groups is 2. The molecule has 2 amide bonds. The van der Waals surface area contributed by atoms with Gasteiger partial charge in [0.2, 0.25) is 5.91 Å². The van der Waals surface area contributed by atoms with E-state index >= 15 is 0 Å². The number of halogens is 1. The number of rotatable bonds is 5. The summed E-state index contributed by atoms with van der Waals surface area (Å²) in [6.07, 6.45) is 5.16. The van der Waals surface area contributed by atoms with Gasteiger partial charge in [-0.3, -0.25) is 9.59 Å². The highest BCUT2D eigenvalue weighted by molar-refractivity contribution is 5.98. The molecule has 2 bridgehead atoms. The quantitative estimate of drug-likeness (QED) is 0.787. The topological polar surface area (TPSA) is 82.0 Å². The molecule has 0 unspecified atom stereocenters. The molecule has 0 atom stereocenters. The summed E-state index contributed by atoms with van der Waals surface area (Å²) in [7, 11) is 0. The van der Waals surface area contributed by atoms with Crippen LogP contribution in [0, 0.1) is 28.0 Å². The van der Waals surface area contributed by atoms with Gasteiger partial charge in [0.25, 0.3) is 5.91 Å². The first kappa shape index (κ1) is 18.8. The Morgan fingerprint density at radius 1 is 1.03 bits per heavy atom. The van der Waals surface area contributed by atoms with Crippen molar-refractivity contribution in [3.05, 3.63) is 65.5 Å². The number of nitriles is 1. The fraction of sp³-hybridized carbons (Fsp3) is 0.375. The average molecular weight is 403 g/mol. The van der Waals surface area contributed by atoms with Crippen LogP contribution < -0.4 is 10.6 Å². The van der Waals surface area contributed by atoms with Crippen LogP contribution in [-0.2, 0) is 4.79 Å². The highest BCUT2D eigenvalue weighted by Gasteiger charge is 2.78. The Hall–Kier alpha value is -3.20. The number of benzene rings is 2. The van der Waals surface area contributed by atoms with Gasteiger partial charge in [0.15, 0.2) is 0 Å². The third kappa shape index (κ3) is 2.65. The summed E-state index contributed by atoms with van der Waals surface area (Å²) in [5.41, 5.74) is 0.868. The first-order valence-electron chi connectivity index (χ1n) is 10.3. The molecule has 4 saturated carbocycles. The maximum atomic E-state index is 13.2. The second-order valence-electron chi connectivity index (χ2n) is 9.13. The summed E-state index contributed by atoms with van der Waals surface area (Å²) in [6, 6.07) is 14.6. The number of hydrogen-bond acceptors (Lipinski definition) is 3. The third-order valence-electron chi connectivity index (χ3n) is 7.42. The summed E-state index contributed by atoms with van der Waals surface area (Å²) < 4.78 is 13.1. The van der Waals surface area contributed by atoms with Crippen molar-refractivity contribution in [1.29, 1.82) is 5.26 Å². The van der Waals surface area contributed by atoms with E-state index in [0.29, 0.717) is 16.8 Å². The maximum absolute atomic E-state index is 13.2. The minimum Gasteiger partial charge on any atom is -0.347 e. The van der Waals surface area contributed by atoms with Crippen LogP contribution in [0.2, 0.25) is 0 Å². The molecule has 0 spiro atoms. The standard InChI is InChI=1S/C24H22FN3O2/c25-18-5-7-19(8-6-18)27-21(30)24(9-2-10-24)22-13-23(14-22,15-22)28-20(29)17-4-1-3-16(11-17)12-26/h1,3-8,11H,2,9-10,13-15H2,(H,27,30)(H,28,29). The van der Waals surface area contributed by atoms with Crippen molar-refractivity contribution >= 4 is 17.5 Å². The SMILES string of the molecule is N#Cc1cccc(C(=O)NC23CC(C4(C(=O)Nc5ccc(F)cc5)CCC4)(C2)C3)c1. The van der Waals surface area contributed by atoms with Crippen LogP contribution >= 0.6 is 0 Å². The molecule has 6 heteroatoms. The van der Waals surface area contributed by atoms with E-state index in [1.165, 1.54) is 12.1 Å². The lowest BCUT2D eigenvalue weighted by molar-refractivity contribution is -0.243. The molecule has 152 valence electrons. The minimum absolute atomic E-state index is 0.0155. The average Bonchev–Trinajstić information content (AvgIpc) is 2.65. The number of hydrogen-bond donors (Lipinski definition) is 2. The first-order valence-corrected chi connectivity index (χ1v) is 10.3. The molecule has 0 aliphatic heterocycles. The van der Waals surface area contributed by atoms with Gasteiger partial charge < -0.3 is 10.6 Å². The molecule has 0 aromatic heterocycles. The van der Waals surface area contributed by atoms with E-state index in [1.54, 1.807) is 36.4 Å². The number of nitrogens with one attached hydrogen (secondary N) is 2. The van der Waals surface area contributed by atoms with Gasteiger partial charge >= 0.3 is 0 Å². The molecule has 4 aliphatic rings. The molecule has 4 fully saturated rings. The van der Waals surface area contributed by atoms with E-state index in [4.69, 9.17) is 5.26 Å². The predicted octanol–water partition coefficient (Wildman–Crippen LogP) is 4.16. The summed E-state index contributed by atoms with van der Waals surface area (Å²) in [6.45, 7) is 0. The Morgan fingerprint density at radius 2 is 1.73 bits per heavy atom. The van der Waals surface area contributed by atoms with Crippen molar-refractivity contribution in [2.45, 2.75) is 44.1 Å². The van der Waals surface area contributed by atoms with Crippen molar-refractivity contribution in [2.24, 2.45) is 10.8 Å². The number of amides is 2. The minimum atomic E-state index is -0.394. The Labute approximate surface area is 174 Å². The van der Waals surface area contributed by atoms with E-state index in [9.17, 15) is 14.0 Å². The van der Waals surface area contributed by atoms with Gasteiger partial charge in [-0.25, -0.2) is 4.39 Å². The highest BCUT2D eigenvalue weighted by atomic mass is 19.1. The first-order chi connectivity index (χ1) is 14.4. The second-order valence-corrected chi connectivity index (χ2v) is 9.13. The van der Waals surface area contributed by atoms with Gasteiger partial charge in [-0.1, -0.05) is 12.5 Å². The van der Waals surface area contributed by atoms with Crippen molar-refractivity contribution < 1.29 is 14.0 Å². The van der Waals surface area contributed by atoms with Gasteiger partial charge in [0, 0.05) is 16.8 Å². The normalized spacial score (nSPS) is 27.5. The van der Waals surface area contributed by atoms with E-state index in [1.807, 2.05) is 0 Å². The van der Waals surface area contributed by atoms with Crippen molar-refractivity contribution in [3.63, 3.8) is 0 Å². The van der Waals surface area contributed by atoms with Gasteiger partial charge in [-0.2, -0.15) is 5.26 Å². The largest absolute Gasteiger partial charge is 0.347 e. The van der Waals surface area contributed by atoms with E-state index in [-0.39, 0.29) is 28.6 Å². The lowest BCUT2D eigenvalue weighted by Gasteiger charge is -2.77. The monoisotopic (exact) mass is 403 g/mol. The van der Waals surface area contributed by atoms with Crippen LogP contribution in [0.4, 0.5) is 10.1 Å². The third-order valence-corrected chi connectivity index (χ3v) is 7.42. The Morgan fingerprint density at radius 3 is 2.33 bits per heavy atom. The van der Waals surface area contributed by atoms with Gasteiger partial charge in [-0.05, 0) is 80.0 Å². The summed E-state index contributed by atoms with van der Waals surface area (Å²) in [5, 5.41) is 15.2. The molecule has 2 aromatic rings. The van der Waals surface area contributed by atoms with Gasteiger partial charge in [-0.15, -0.1) is 0 Å².